The van der Waals surface area contributed by atoms with Crippen molar-refractivity contribution in [3.05, 3.63) is 52.5 Å². The van der Waals surface area contributed by atoms with Gasteiger partial charge in [-0.3, -0.25) is 4.79 Å². The molecule has 116 valence electrons. The molecule has 2 rings (SSSR count). The summed E-state index contributed by atoms with van der Waals surface area (Å²) in [5.41, 5.74) is 1.27. The molecule has 0 amide bonds. The van der Waals surface area contributed by atoms with Gasteiger partial charge in [0.05, 0.1) is 4.88 Å². The number of carbonyl (C=O) groups excluding carboxylic acids is 1. The molecule has 0 aliphatic rings. The Balaban J connectivity index is 2.31. The molecular formula is C17H21N2OS2+. The number of ketones is 1. The minimum absolute atomic E-state index is 0.0363. The standard InChI is InChI=1S/C17H20N2OS2/c1-3-6-13-8-10-19(11-9-13)15(17(21)18-4-2)16(20)14-7-5-12-22-14/h5,7-12,15H,3-4,6H2,1-2H3/p+1/t15-/m0/s1. The Morgan fingerprint density at radius 3 is 2.59 bits per heavy atom. The second kappa shape index (κ2) is 8.15. The normalized spacial score (nSPS) is 11.9. The number of hydrogen-bond donors (Lipinski definition) is 1. The lowest BCUT2D eigenvalue weighted by molar-refractivity contribution is -0.692. The van der Waals surface area contributed by atoms with Crippen molar-refractivity contribution in [2.45, 2.75) is 32.7 Å². The molecule has 0 spiro atoms. The molecule has 1 atom stereocenters. The predicted molar refractivity (Wildman–Crippen MR) is 94.6 cm³/mol. The number of nitrogens with zero attached hydrogens (tertiary/aromatic N) is 1. The van der Waals surface area contributed by atoms with E-state index in [1.54, 1.807) is 0 Å². The number of pyridine rings is 1. The van der Waals surface area contributed by atoms with Crippen LogP contribution in [0, 0.1) is 0 Å². The van der Waals surface area contributed by atoms with Crippen molar-refractivity contribution in [3.8, 4) is 0 Å². The quantitative estimate of drug-likeness (QED) is 0.479. The summed E-state index contributed by atoms with van der Waals surface area (Å²) in [6, 6.07) is 7.38. The molecule has 5 heteroatoms. The Bertz CT molecular complexity index is 621. The van der Waals surface area contributed by atoms with Gasteiger partial charge in [0.25, 0.3) is 6.04 Å². The first kappa shape index (κ1) is 16.8. The third kappa shape index (κ3) is 3.99. The SMILES string of the molecule is CCCc1cc[n+]([C@@H](C(=O)c2cccs2)C(=S)NCC)cc1. The van der Waals surface area contributed by atoms with E-state index in [1.807, 2.05) is 41.4 Å². The first-order valence-electron chi connectivity index (χ1n) is 7.52. The highest BCUT2D eigenvalue weighted by molar-refractivity contribution is 7.80. The van der Waals surface area contributed by atoms with Crippen LogP contribution < -0.4 is 9.88 Å². The molecule has 3 nitrogen and oxygen atoms in total. The highest BCUT2D eigenvalue weighted by Gasteiger charge is 2.33. The first-order valence-corrected chi connectivity index (χ1v) is 8.81. The highest BCUT2D eigenvalue weighted by atomic mass is 32.1. The number of thiophene rings is 1. The van der Waals surface area contributed by atoms with Crippen molar-refractivity contribution in [1.82, 2.24) is 5.32 Å². The molecule has 0 saturated heterocycles. The molecule has 0 aromatic carbocycles. The maximum Gasteiger partial charge on any atom is 0.271 e. The molecule has 2 aromatic rings. The third-order valence-electron chi connectivity index (χ3n) is 3.37. The Kier molecular flexibility index (Phi) is 6.21. The van der Waals surface area contributed by atoms with Crippen LogP contribution in [-0.2, 0) is 6.42 Å². The summed E-state index contributed by atoms with van der Waals surface area (Å²) >= 11 is 6.89. The monoisotopic (exact) mass is 333 g/mol. The first-order chi connectivity index (χ1) is 10.7. The summed E-state index contributed by atoms with van der Waals surface area (Å²) in [4.78, 5) is 14.1. The Hall–Kier alpha value is -1.59. The van der Waals surface area contributed by atoms with Crippen LogP contribution in [0.15, 0.2) is 42.0 Å². The van der Waals surface area contributed by atoms with Crippen molar-refractivity contribution < 1.29 is 9.36 Å². The number of carbonyl (C=O) groups is 1. The molecule has 0 fully saturated rings. The highest BCUT2D eigenvalue weighted by Crippen LogP contribution is 2.16. The molecule has 0 aliphatic heterocycles. The molecule has 2 heterocycles. The van der Waals surface area contributed by atoms with Gasteiger partial charge in [-0.2, -0.15) is 4.57 Å². The van der Waals surface area contributed by atoms with Crippen molar-refractivity contribution in [1.29, 1.82) is 0 Å². The van der Waals surface area contributed by atoms with Crippen molar-refractivity contribution in [2.24, 2.45) is 0 Å². The van der Waals surface area contributed by atoms with E-state index in [9.17, 15) is 4.79 Å². The van der Waals surface area contributed by atoms with E-state index in [0.717, 1.165) is 17.7 Å². The van der Waals surface area contributed by atoms with E-state index < -0.39 is 6.04 Å². The number of thiocarbonyl (C=S) groups is 1. The minimum atomic E-state index is -0.482. The van der Waals surface area contributed by atoms with Crippen LogP contribution in [0.1, 0.15) is 41.5 Å². The zero-order valence-electron chi connectivity index (χ0n) is 12.9. The van der Waals surface area contributed by atoms with Gasteiger partial charge in [0.2, 0.25) is 5.78 Å². The summed E-state index contributed by atoms with van der Waals surface area (Å²) in [6.45, 7) is 4.85. The van der Waals surface area contributed by atoms with Crippen LogP contribution in [0.3, 0.4) is 0 Å². The average molecular weight is 334 g/mol. The third-order valence-corrected chi connectivity index (χ3v) is 4.62. The summed E-state index contributed by atoms with van der Waals surface area (Å²) in [5.74, 6) is 0.0363. The largest absolute Gasteiger partial charge is 0.374 e. The van der Waals surface area contributed by atoms with Crippen LogP contribution in [-0.4, -0.2) is 17.3 Å². The van der Waals surface area contributed by atoms with Gasteiger partial charge in [-0.1, -0.05) is 31.6 Å². The summed E-state index contributed by atoms with van der Waals surface area (Å²) in [5, 5.41) is 5.03. The van der Waals surface area contributed by atoms with E-state index in [-0.39, 0.29) is 5.78 Å². The second-order valence-corrected chi connectivity index (χ2v) is 6.43. The minimum Gasteiger partial charge on any atom is -0.374 e. The number of rotatable bonds is 7. The van der Waals surface area contributed by atoms with Gasteiger partial charge < -0.3 is 5.32 Å². The lowest BCUT2D eigenvalue weighted by Crippen LogP contribution is -2.51. The number of nitrogens with one attached hydrogen (secondary N) is 1. The Morgan fingerprint density at radius 2 is 2.05 bits per heavy atom. The van der Waals surface area contributed by atoms with E-state index in [4.69, 9.17) is 12.2 Å². The molecular weight excluding hydrogens is 312 g/mol. The fraction of sp³-hybridized carbons (Fsp3) is 0.353. The van der Waals surface area contributed by atoms with Gasteiger partial charge in [0.15, 0.2) is 17.4 Å². The number of hydrogen-bond acceptors (Lipinski definition) is 3. The molecule has 0 radical (unpaired) electrons. The van der Waals surface area contributed by atoms with Crippen LogP contribution in [0.5, 0.6) is 0 Å². The lowest BCUT2D eigenvalue weighted by Gasteiger charge is -2.13. The average Bonchev–Trinajstić information content (AvgIpc) is 3.04. The van der Waals surface area contributed by atoms with Crippen molar-refractivity contribution in [3.63, 3.8) is 0 Å². The number of Topliss-reactive ketones (excluding diaryl/α,β-unsaturated/α-hetero) is 1. The van der Waals surface area contributed by atoms with E-state index in [1.165, 1.54) is 16.9 Å². The van der Waals surface area contributed by atoms with Crippen molar-refractivity contribution >= 4 is 34.3 Å². The van der Waals surface area contributed by atoms with E-state index in [0.29, 0.717) is 11.5 Å². The molecule has 0 saturated carbocycles. The fourth-order valence-corrected chi connectivity index (χ4v) is 3.37. The summed E-state index contributed by atoms with van der Waals surface area (Å²) in [7, 11) is 0. The van der Waals surface area contributed by atoms with Crippen LogP contribution in [0.25, 0.3) is 0 Å². The van der Waals surface area contributed by atoms with Gasteiger partial charge in [-0.25, -0.2) is 0 Å². The van der Waals surface area contributed by atoms with Gasteiger partial charge in [-0.15, -0.1) is 11.3 Å². The maximum absolute atomic E-state index is 12.8. The van der Waals surface area contributed by atoms with Gasteiger partial charge in [-0.05, 0) is 30.4 Å². The zero-order chi connectivity index (χ0) is 15.9. The van der Waals surface area contributed by atoms with Crippen molar-refractivity contribution in [2.75, 3.05) is 6.54 Å². The molecule has 0 unspecified atom stereocenters. The number of likely N-dealkylation sites (N-methyl/N-ethyl adjacent to an activating group) is 1. The molecule has 1 N–H and O–H groups in total. The number of aromatic nitrogens is 1. The van der Waals surface area contributed by atoms with Gasteiger partial charge in [0, 0.05) is 18.7 Å². The van der Waals surface area contributed by atoms with E-state index >= 15 is 0 Å². The van der Waals surface area contributed by atoms with Crippen LogP contribution in [0.4, 0.5) is 0 Å². The van der Waals surface area contributed by atoms with E-state index in [2.05, 4.69) is 24.4 Å². The smallest absolute Gasteiger partial charge is 0.271 e. The van der Waals surface area contributed by atoms with Crippen LogP contribution in [0.2, 0.25) is 0 Å². The maximum atomic E-state index is 12.8. The summed E-state index contributed by atoms with van der Waals surface area (Å²) in [6.07, 6.45) is 6.05. The molecule has 2 aromatic heterocycles. The Morgan fingerprint density at radius 1 is 1.32 bits per heavy atom. The topological polar surface area (TPSA) is 33.0 Å². The second-order valence-electron chi connectivity index (χ2n) is 5.04. The van der Waals surface area contributed by atoms with Gasteiger partial charge >= 0.3 is 0 Å². The lowest BCUT2D eigenvalue weighted by atomic mass is 10.1. The zero-order valence-corrected chi connectivity index (χ0v) is 14.5. The summed E-state index contributed by atoms with van der Waals surface area (Å²) < 4.78 is 1.90. The Labute approximate surface area is 141 Å². The fourth-order valence-electron chi connectivity index (χ4n) is 2.31. The molecule has 0 bridgehead atoms. The van der Waals surface area contributed by atoms with Crippen LogP contribution >= 0.6 is 23.6 Å². The predicted octanol–water partition coefficient (Wildman–Crippen LogP) is 3.35. The number of aryl methyl sites for hydroxylation is 1. The molecule has 0 aliphatic carbocycles. The van der Waals surface area contributed by atoms with Gasteiger partial charge in [0.1, 0.15) is 0 Å². The molecule has 22 heavy (non-hydrogen) atoms.